The molecule has 6 N–H and O–H groups in total. The normalized spacial score (nSPS) is 18.2. The van der Waals surface area contributed by atoms with Gasteiger partial charge in [0.25, 0.3) is 5.91 Å². The molecule has 338 valence electrons. The minimum absolute atomic E-state index is 0.0690. The molecule has 3 saturated heterocycles. The van der Waals surface area contributed by atoms with E-state index in [9.17, 15) is 29.4 Å². The van der Waals surface area contributed by atoms with E-state index in [-0.39, 0.29) is 54.5 Å². The fourth-order valence-electron chi connectivity index (χ4n) is 8.49. The zero-order valence-corrected chi connectivity index (χ0v) is 36.5. The molecule has 3 aliphatic heterocycles. The number of carbonyl (C=O) groups is 3. The molecule has 1 aromatic heterocycles. The number of aliphatic hydroxyl groups excluding tert-OH is 1. The lowest BCUT2D eigenvalue weighted by molar-refractivity contribution is -0.146. The number of H-pyrrole nitrogens is 1. The number of nitrogens with zero attached hydrogens (tertiary/aromatic N) is 1. The molecule has 14 heteroatoms. The number of piperidine rings is 3. The second-order valence-corrected chi connectivity index (χ2v) is 17.2. The molecule has 0 spiro atoms. The number of amides is 2. The van der Waals surface area contributed by atoms with Crippen LogP contribution >= 0.6 is 0 Å². The Morgan fingerprint density at radius 3 is 2.38 bits per heavy atom. The fraction of sp³-hybridized carbons (Fsp3) is 0.400. The number of ether oxygens (including phenoxy) is 3. The molecule has 2 amide bonds. The first-order valence-corrected chi connectivity index (χ1v) is 22.3. The maximum atomic E-state index is 13.3. The predicted octanol–water partition coefficient (Wildman–Crippen LogP) is 6.51. The van der Waals surface area contributed by atoms with Crippen LogP contribution in [0.1, 0.15) is 90.7 Å². The zero-order valence-electron chi connectivity index (χ0n) is 36.5. The highest BCUT2D eigenvalue weighted by Gasteiger charge is 2.37. The Morgan fingerprint density at radius 1 is 0.875 bits per heavy atom. The van der Waals surface area contributed by atoms with Crippen molar-refractivity contribution < 1.29 is 38.8 Å². The summed E-state index contributed by atoms with van der Waals surface area (Å²) in [7, 11) is 0. The van der Waals surface area contributed by atoms with E-state index in [4.69, 9.17) is 14.2 Å². The number of unbranched alkanes of at least 4 members (excludes halogenated alkanes) is 1. The van der Waals surface area contributed by atoms with Gasteiger partial charge in [-0.3, -0.25) is 14.5 Å². The number of rotatable bonds is 20. The van der Waals surface area contributed by atoms with Crippen LogP contribution in [0.4, 0.5) is 4.79 Å². The largest absolute Gasteiger partial charge is 0.506 e. The standard InChI is InChI=1S/C50H59N5O9/c1-32(2)27-41(49(60)62-26-7-6-23-51-29-43(57)39-17-19-42(56)47-40(39)18-20-45(58)53-47)52-48(59)36-15-13-33(14-16-36)31-63-38-12-8-11-37(28-38)46(35-9-4-3-5-10-35)54-50(61)64-44-30-55-24-21-34(44)22-25-55/h3-5,8-20,28,32,34,41,43-44,46,51,56-57H,6-7,21-27,29-31H2,1-2H3,(H,52,59)(H,53,58)(H,54,61). The number of aromatic amines is 1. The summed E-state index contributed by atoms with van der Waals surface area (Å²) >= 11 is 0. The van der Waals surface area contributed by atoms with Crippen LogP contribution in [0.5, 0.6) is 11.5 Å². The number of pyridine rings is 1. The summed E-state index contributed by atoms with van der Waals surface area (Å²) in [6, 6.07) is 29.2. The van der Waals surface area contributed by atoms with Gasteiger partial charge < -0.3 is 45.4 Å². The monoisotopic (exact) mass is 873 g/mol. The van der Waals surface area contributed by atoms with Crippen molar-refractivity contribution in [3.05, 3.63) is 141 Å². The lowest BCUT2D eigenvalue weighted by Gasteiger charge is -2.43. The van der Waals surface area contributed by atoms with E-state index in [0.29, 0.717) is 54.0 Å². The smallest absolute Gasteiger partial charge is 0.408 e. The second-order valence-electron chi connectivity index (χ2n) is 17.2. The van der Waals surface area contributed by atoms with Crippen molar-refractivity contribution >= 4 is 28.9 Å². The van der Waals surface area contributed by atoms with Gasteiger partial charge in [-0.25, -0.2) is 9.59 Å². The molecule has 4 aromatic carbocycles. The molecule has 3 fully saturated rings. The Hall–Kier alpha value is -6.22. The molecule has 4 heterocycles. The SMILES string of the molecule is CC(C)CC(NC(=O)c1ccc(COc2cccc(C(NC(=O)OC3CN4CCC3CC4)c3ccccc3)c2)cc1)C(=O)OCCCCNCC(O)c1ccc(O)c2[nH]c(=O)ccc12. The summed E-state index contributed by atoms with van der Waals surface area (Å²) in [5.74, 6) is 0.205. The van der Waals surface area contributed by atoms with Crippen LogP contribution in [-0.2, 0) is 20.9 Å². The number of esters is 1. The molecule has 8 rings (SSSR count). The Balaban J connectivity index is 0.858. The first-order chi connectivity index (χ1) is 31.0. The van der Waals surface area contributed by atoms with Crippen molar-refractivity contribution in [1.82, 2.24) is 25.8 Å². The van der Waals surface area contributed by atoms with Gasteiger partial charge in [0.1, 0.15) is 30.3 Å². The van der Waals surface area contributed by atoms with Gasteiger partial charge in [-0.15, -0.1) is 0 Å². The van der Waals surface area contributed by atoms with Crippen molar-refractivity contribution in [3.63, 3.8) is 0 Å². The van der Waals surface area contributed by atoms with E-state index < -0.39 is 30.3 Å². The first kappa shape index (κ1) is 45.8. The number of aromatic nitrogens is 1. The molecule has 4 atom stereocenters. The van der Waals surface area contributed by atoms with E-state index in [1.165, 1.54) is 12.1 Å². The fourth-order valence-corrected chi connectivity index (χ4v) is 8.49. The summed E-state index contributed by atoms with van der Waals surface area (Å²) in [6.07, 6.45) is 2.36. The quantitative estimate of drug-likeness (QED) is 0.0369. The molecule has 14 nitrogen and oxygen atoms in total. The van der Waals surface area contributed by atoms with Crippen LogP contribution in [0, 0.1) is 11.8 Å². The molecule has 0 saturated carbocycles. The summed E-state index contributed by atoms with van der Waals surface area (Å²) in [5, 5.41) is 30.6. The Labute approximate surface area is 373 Å². The van der Waals surface area contributed by atoms with Crippen molar-refractivity contribution in [3.8, 4) is 11.5 Å². The van der Waals surface area contributed by atoms with Gasteiger partial charge in [-0.05, 0) is 122 Å². The van der Waals surface area contributed by atoms with E-state index in [2.05, 4.69) is 25.8 Å². The van der Waals surface area contributed by atoms with E-state index in [1.54, 1.807) is 24.3 Å². The van der Waals surface area contributed by atoms with Crippen LogP contribution in [-0.4, -0.2) is 89.5 Å². The number of phenolic OH excluding ortho intramolecular Hbond substituents is 1. The molecule has 3 aliphatic rings. The predicted molar refractivity (Wildman–Crippen MR) is 243 cm³/mol. The molecule has 0 aliphatic carbocycles. The maximum absolute atomic E-state index is 13.3. The van der Waals surface area contributed by atoms with Gasteiger partial charge in [-0.2, -0.15) is 0 Å². The van der Waals surface area contributed by atoms with Crippen LogP contribution in [0.25, 0.3) is 10.9 Å². The van der Waals surface area contributed by atoms with E-state index in [1.807, 2.05) is 80.6 Å². The highest BCUT2D eigenvalue weighted by Crippen LogP contribution is 2.31. The lowest BCUT2D eigenvalue weighted by Crippen LogP contribution is -2.52. The number of alkyl carbamates (subject to hydrolysis) is 1. The maximum Gasteiger partial charge on any atom is 0.408 e. The Morgan fingerprint density at radius 2 is 1.64 bits per heavy atom. The number of benzene rings is 4. The summed E-state index contributed by atoms with van der Waals surface area (Å²) in [5.41, 5.74) is 3.52. The summed E-state index contributed by atoms with van der Waals surface area (Å²) < 4.78 is 17.7. The molecule has 0 radical (unpaired) electrons. The van der Waals surface area contributed by atoms with Crippen molar-refractivity contribution in [2.24, 2.45) is 11.8 Å². The third-order valence-corrected chi connectivity index (χ3v) is 12.0. The van der Waals surface area contributed by atoms with Crippen molar-refractivity contribution in [2.75, 3.05) is 39.3 Å². The number of hydrogen-bond acceptors (Lipinski definition) is 11. The van der Waals surface area contributed by atoms with Crippen LogP contribution in [0.3, 0.4) is 0 Å². The number of fused-ring (bicyclic) bond motifs is 4. The molecule has 4 unspecified atom stereocenters. The third-order valence-electron chi connectivity index (χ3n) is 12.0. The van der Waals surface area contributed by atoms with Crippen molar-refractivity contribution in [1.29, 1.82) is 0 Å². The van der Waals surface area contributed by atoms with Gasteiger partial charge in [0.05, 0.1) is 24.3 Å². The minimum atomic E-state index is -0.873. The topological polar surface area (TPSA) is 192 Å². The number of nitrogens with one attached hydrogen (secondary N) is 4. The van der Waals surface area contributed by atoms with Gasteiger partial charge in [0.2, 0.25) is 5.56 Å². The van der Waals surface area contributed by atoms with Gasteiger partial charge in [0, 0.05) is 30.1 Å². The van der Waals surface area contributed by atoms with Crippen LogP contribution < -0.4 is 26.2 Å². The number of phenols is 1. The average Bonchev–Trinajstić information content (AvgIpc) is 3.30. The van der Waals surface area contributed by atoms with E-state index in [0.717, 1.165) is 49.2 Å². The van der Waals surface area contributed by atoms with Gasteiger partial charge in [-0.1, -0.05) is 74.5 Å². The van der Waals surface area contributed by atoms with Crippen LogP contribution in [0.15, 0.2) is 108 Å². The second kappa shape index (κ2) is 21.9. The number of carbonyl (C=O) groups excluding carboxylic acids is 3. The first-order valence-electron chi connectivity index (χ1n) is 22.3. The highest BCUT2D eigenvalue weighted by atomic mass is 16.6. The van der Waals surface area contributed by atoms with Gasteiger partial charge in [0.15, 0.2) is 0 Å². The lowest BCUT2D eigenvalue weighted by atomic mass is 9.86. The molecular weight excluding hydrogens is 815 g/mol. The average molecular weight is 874 g/mol. The number of aliphatic hydroxyl groups is 1. The molecule has 5 aromatic rings. The highest BCUT2D eigenvalue weighted by molar-refractivity contribution is 5.96. The third kappa shape index (κ3) is 12.3. The molecular formula is C50H59N5O9. The minimum Gasteiger partial charge on any atom is -0.506 e. The van der Waals surface area contributed by atoms with Gasteiger partial charge >= 0.3 is 12.1 Å². The van der Waals surface area contributed by atoms with Crippen LogP contribution in [0.2, 0.25) is 0 Å². The summed E-state index contributed by atoms with van der Waals surface area (Å²) in [4.78, 5) is 56.4. The van der Waals surface area contributed by atoms with Crippen molar-refractivity contribution in [2.45, 2.75) is 76.9 Å². The number of aromatic hydroxyl groups is 1. The zero-order chi connectivity index (χ0) is 45.0. The summed E-state index contributed by atoms with van der Waals surface area (Å²) in [6.45, 7) is 8.09. The Kier molecular flexibility index (Phi) is 15.7. The molecule has 2 bridgehead atoms. The molecule has 64 heavy (non-hydrogen) atoms. The van der Waals surface area contributed by atoms with E-state index >= 15 is 0 Å². The number of hydrogen-bond donors (Lipinski definition) is 6. The Bertz CT molecular complexity index is 2400.